The van der Waals surface area contributed by atoms with E-state index in [1.165, 1.54) is 12.8 Å². The molecule has 0 aliphatic carbocycles. The van der Waals surface area contributed by atoms with E-state index in [-0.39, 0.29) is 11.9 Å². The van der Waals surface area contributed by atoms with E-state index in [2.05, 4.69) is 17.1 Å². The number of esters is 2. The second-order valence-electron chi connectivity index (χ2n) is 10.3. The lowest BCUT2D eigenvalue weighted by Gasteiger charge is -2.30. The molecule has 1 aliphatic heterocycles. The molecule has 31 heavy (non-hydrogen) atoms. The van der Waals surface area contributed by atoms with E-state index < -0.39 is 23.3 Å². The van der Waals surface area contributed by atoms with E-state index in [0.717, 1.165) is 19.5 Å². The van der Waals surface area contributed by atoms with Gasteiger partial charge in [0.2, 0.25) is 0 Å². The summed E-state index contributed by atoms with van der Waals surface area (Å²) >= 11 is 0. The highest BCUT2D eigenvalue weighted by atomic mass is 16.6. The van der Waals surface area contributed by atoms with Crippen LogP contribution in [0.5, 0.6) is 0 Å². The Morgan fingerprint density at radius 1 is 1.03 bits per heavy atom. The average molecular weight is 443 g/mol. The van der Waals surface area contributed by atoms with Crippen LogP contribution in [0.25, 0.3) is 0 Å². The highest BCUT2D eigenvalue weighted by Crippen LogP contribution is 2.21. The Morgan fingerprint density at radius 2 is 1.71 bits per heavy atom. The summed E-state index contributed by atoms with van der Waals surface area (Å²) in [5, 5.41) is 3.31. The molecule has 0 radical (unpaired) electrons. The van der Waals surface area contributed by atoms with E-state index in [0.29, 0.717) is 32.0 Å². The third kappa shape index (κ3) is 11.3. The number of carbonyl (C=O) groups is 2. The lowest BCUT2D eigenvalue weighted by Crippen LogP contribution is -2.44. The molecule has 1 aliphatic rings. The molecule has 0 aromatic rings. The van der Waals surface area contributed by atoms with Gasteiger partial charge in [0, 0.05) is 12.6 Å². The molecule has 1 fully saturated rings. The fourth-order valence-electron chi connectivity index (χ4n) is 3.90. The average Bonchev–Trinajstić information content (AvgIpc) is 3.08. The Bertz CT molecular complexity index is 553. The highest BCUT2D eigenvalue weighted by molar-refractivity contribution is 5.76. The minimum Gasteiger partial charge on any atom is -0.465 e. The molecule has 7 nitrogen and oxygen atoms in total. The summed E-state index contributed by atoms with van der Waals surface area (Å²) in [4.78, 5) is 27.6. The van der Waals surface area contributed by atoms with Crippen LogP contribution in [-0.4, -0.2) is 72.5 Å². The van der Waals surface area contributed by atoms with Crippen molar-refractivity contribution in [1.29, 1.82) is 0 Å². The van der Waals surface area contributed by atoms with Gasteiger partial charge in [-0.3, -0.25) is 4.79 Å². The Morgan fingerprint density at radius 3 is 2.26 bits per heavy atom. The summed E-state index contributed by atoms with van der Waals surface area (Å²) in [6.45, 7) is 18.1. The second-order valence-corrected chi connectivity index (χ2v) is 10.3. The van der Waals surface area contributed by atoms with E-state index in [4.69, 9.17) is 14.2 Å². The van der Waals surface area contributed by atoms with Crippen molar-refractivity contribution in [3.05, 3.63) is 0 Å². The van der Waals surface area contributed by atoms with Gasteiger partial charge in [0.05, 0.1) is 12.2 Å². The molecule has 0 saturated carbocycles. The molecule has 7 heteroatoms. The number of hydrogen-bond acceptors (Lipinski definition) is 7. The monoisotopic (exact) mass is 442 g/mol. The topological polar surface area (TPSA) is 77.1 Å². The van der Waals surface area contributed by atoms with Crippen molar-refractivity contribution in [2.24, 2.45) is 0 Å². The summed E-state index contributed by atoms with van der Waals surface area (Å²) in [5.41, 5.74) is -1.06. The zero-order valence-electron chi connectivity index (χ0n) is 21.1. The van der Waals surface area contributed by atoms with Crippen molar-refractivity contribution >= 4 is 11.9 Å². The fraction of sp³-hybridized carbons (Fsp3) is 0.917. The quantitative estimate of drug-likeness (QED) is 0.462. The van der Waals surface area contributed by atoms with Crippen molar-refractivity contribution in [2.45, 2.75) is 117 Å². The molecule has 0 unspecified atom stereocenters. The minimum atomic E-state index is -0.697. The number of nitrogens with zero attached hydrogens (tertiary/aromatic N) is 1. The van der Waals surface area contributed by atoms with Gasteiger partial charge in [-0.25, -0.2) is 4.79 Å². The Kier molecular flexibility index (Phi) is 11.5. The van der Waals surface area contributed by atoms with Gasteiger partial charge < -0.3 is 24.4 Å². The van der Waals surface area contributed by atoms with Crippen LogP contribution in [0.2, 0.25) is 0 Å². The summed E-state index contributed by atoms with van der Waals surface area (Å²) in [6.07, 6.45) is 4.00. The molecule has 1 N–H and O–H groups in total. The zero-order chi connectivity index (χ0) is 23.7. The lowest BCUT2D eigenvalue weighted by molar-refractivity contribution is -0.177. The molecule has 0 amide bonds. The maximum absolute atomic E-state index is 12.6. The lowest BCUT2D eigenvalue weighted by atomic mass is 10.1. The summed E-state index contributed by atoms with van der Waals surface area (Å²) < 4.78 is 16.8. The second kappa shape index (κ2) is 12.8. The maximum Gasteiger partial charge on any atom is 0.335 e. The van der Waals surface area contributed by atoms with Crippen molar-refractivity contribution in [3.8, 4) is 0 Å². The van der Waals surface area contributed by atoms with Gasteiger partial charge in [-0.05, 0) is 93.7 Å². The summed E-state index contributed by atoms with van der Waals surface area (Å²) in [7, 11) is 0. The van der Waals surface area contributed by atoms with Crippen LogP contribution in [0.4, 0.5) is 0 Å². The summed E-state index contributed by atoms with van der Waals surface area (Å²) in [5.74, 6) is -0.611. The van der Waals surface area contributed by atoms with Crippen molar-refractivity contribution in [3.63, 3.8) is 0 Å². The number of nitrogens with one attached hydrogen (secondary N) is 1. The smallest absolute Gasteiger partial charge is 0.335 e. The van der Waals surface area contributed by atoms with Crippen molar-refractivity contribution in [2.75, 3.05) is 26.2 Å². The predicted molar refractivity (Wildman–Crippen MR) is 123 cm³/mol. The van der Waals surface area contributed by atoms with Crippen LogP contribution in [0.1, 0.15) is 87.5 Å². The molecular weight excluding hydrogens is 396 g/mol. The molecule has 1 saturated heterocycles. The molecule has 3 atom stereocenters. The fourth-order valence-corrected chi connectivity index (χ4v) is 3.90. The highest BCUT2D eigenvalue weighted by Gasteiger charge is 2.31. The molecule has 182 valence electrons. The first-order valence-corrected chi connectivity index (χ1v) is 11.9. The molecule has 0 aromatic heterocycles. The van der Waals surface area contributed by atoms with Crippen LogP contribution >= 0.6 is 0 Å². The number of rotatable bonds is 12. The standard InChI is InChI=1S/C24H46N2O5/c1-9-18-12-11-16-26(18)17-14-19(21(27)29-10-2)25-15-13-20(30-23(3,4)5)22(28)31-24(6,7)8/h18-20,25H,9-17H2,1-8H3/t18-,19+,20+/m1/s1. The van der Waals surface area contributed by atoms with Crippen LogP contribution in [0.15, 0.2) is 0 Å². The van der Waals surface area contributed by atoms with Crippen molar-refractivity contribution in [1.82, 2.24) is 10.2 Å². The first-order chi connectivity index (χ1) is 14.4. The summed E-state index contributed by atoms with van der Waals surface area (Å²) in [6, 6.07) is 0.214. The van der Waals surface area contributed by atoms with Gasteiger partial charge in [0.15, 0.2) is 6.10 Å². The van der Waals surface area contributed by atoms with E-state index in [9.17, 15) is 9.59 Å². The number of ether oxygens (including phenoxy) is 3. The van der Waals surface area contributed by atoms with Crippen LogP contribution in [0.3, 0.4) is 0 Å². The van der Waals surface area contributed by atoms with Gasteiger partial charge in [0.25, 0.3) is 0 Å². The first-order valence-electron chi connectivity index (χ1n) is 11.9. The molecule has 1 rings (SSSR count). The third-order valence-corrected chi connectivity index (χ3v) is 5.21. The largest absolute Gasteiger partial charge is 0.465 e. The van der Waals surface area contributed by atoms with Crippen molar-refractivity contribution < 1.29 is 23.8 Å². The van der Waals surface area contributed by atoms with E-state index in [1.54, 1.807) is 0 Å². The van der Waals surface area contributed by atoms with Gasteiger partial charge in [-0.1, -0.05) is 6.92 Å². The van der Waals surface area contributed by atoms with Crippen LogP contribution in [0, 0.1) is 0 Å². The predicted octanol–water partition coefficient (Wildman–Crippen LogP) is 3.69. The molecule has 0 bridgehead atoms. The SMILES string of the molecule is CCOC(=O)[C@H](CCN1CCC[C@H]1CC)NCC[C@H](OC(C)(C)C)C(=O)OC(C)(C)C. The Labute approximate surface area is 189 Å². The van der Waals surface area contributed by atoms with Crippen LogP contribution < -0.4 is 5.32 Å². The first kappa shape index (κ1) is 27.9. The van der Waals surface area contributed by atoms with E-state index >= 15 is 0 Å². The maximum atomic E-state index is 12.6. The van der Waals surface area contributed by atoms with Gasteiger partial charge in [-0.15, -0.1) is 0 Å². The number of likely N-dealkylation sites (tertiary alicyclic amines) is 1. The molecule has 0 aromatic carbocycles. The van der Waals surface area contributed by atoms with Gasteiger partial charge in [-0.2, -0.15) is 0 Å². The Hall–Kier alpha value is -1.18. The Balaban J connectivity index is 2.69. The third-order valence-electron chi connectivity index (χ3n) is 5.21. The molecule has 1 heterocycles. The molecule has 0 spiro atoms. The van der Waals surface area contributed by atoms with Gasteiger partial charge >= 0.3 is 11.9 Å². The van der Waals surface area contributed by atoms with Crippen LogP contribution in [-0.2, 0) is 23.8 Å². The molecular formula is C24H46N2O5. The minimum absolute atomic E-state index is 0.236. The zero-order valence-corrected chi connectivity index (χ0v) is 21.1. The van der Waals surface area contributed by atoms with E-state index in [1.807, 2.05) is 48.5 Å². The van der Waals surface area contributed by atoms with Gasteiger partial charge in [0.1, 0.15) is 11.6 Å². The number of carbonyl (C=O) groups excluding carboxylic acids is 2. The normalized spacial score (nSPS) is 19.8. The number of hydrogen-bond donors (Lipinski definition) is 1.